The van der Waals surface area contributed by atoms with Crippen LogP contribution in [-0.2, 0) is 24.9 Å². The van der Waals surface area contributed by atoms with Gasteiger partial charge in [-0.15, -0.1) is 0 Å². The largest absolute Gasteiger partial charge is 0.502 e. The Morgan fingerprint density at radius 2 is 1.42 bits per heavy atom. The number of nitrogens with zero attached hydrogens (tertiary/aromatic N) is 3. The van der Waals surface area contributed by atoms with Crippen molar-refractivity contribution in [3.05, 3.63) is 135 Å². The molecule has 0 radical (unpaired) electrons. The number of pyridine rings is 1. The van der Waals surface area contributed by atoms with Gasteiger partial charge in [0.1, 0.15) is 12.2 Å². The highest BCUT2D eigenvalue weighted by Crippen LogP contribution is 2.56. The zero-order valence-corrected chi connectivity index (χ0v) is 19.7. The fourth-order valence-corrected chi connectivity index (χ4v) is 6.68. The Kier molecular flexibility index (Phi) is 4.43. The van der Waals surface area contributed by atoms with Crippen LogP contribution in [0.15, 0.2) is 95.9 Å². The molecule has 3 aliphatic rings. The predicted molar refractivity (Wildman–Crippen MR) is 136 cm³/mol. The van der Waals surface area contributed by atoms with Gasteiger partial charge < -0.3 is 10.0 Å². The topological polar surface area (TPSA) is 65.8 Å². The fraction of sp³-hybridized carbons (Fsp3) is 0.200. The van der Waals surface area contributed by atoms with E-state index in [4.69, 9.17) is 0 Å². The molecule has 1 amide bonds. The number of amides is 1. The molecule has 6 nitrogen and oxygen atoms in total. The molecule has 3 aromatic carbocycles. The van der Waals surface area contributed by atoms with E-state index in [1.54, 1.807) is 15.8 Å². The number of hydrogen-bond acceptors (Lipinski definition) is 4. The summed E-state index contributed by atoms with van der Waals surface area (Å²) in [6.45, 7) is 0.699. The van der Waals surface area contributed by atoms with Gasteiger partial charge >= 0.3 is 0 Å². The monoisotopic (exact) mass is 475 g/mol. The summed E-state index contributed by atoms with van der Waals surface area (Å²) >= 11 is 0. The Morgan fingerprint density at radius 3 is 2.08 bits per heavy atom. The number of benzene rings is 3. The molecule has 36 heavy (non-hydrogen) atoms. The Balaban J connectivity index is 1.49. The first kappa shape index (κ1) is 21.0. The van der Waals surface area contributed by atoms with E-state index in [1.165, 1.54) is 28.3 Å². The zero-order chi connectivity index (χ0) is 24.4. The number of aromatic hydroxyl groups is 1. The van der Waals surface area contributed by atoms with E-state index in [1.807, 2.05) is 30.3 Å². The summed E-state index contributed by atoms with van der Waals surface area (Å²) in [4.78, 5) is 27.9. The van der Waals surface area contributed by atoms with E-state index in [0.717, 1.165) is 18.4 Å². The van der Waals surface area contributed by atoms with E-state index in [-0.39, 0.29) is 17.5 Å². The molecule has 0 unspecified atom stereocenters. The molecule has 0 bridgehead atoms. The molecule has 4 aromatic rings. The molecule has 2 aliphatic carbocycles. The molecule has 7 rings (SSSR count). The molecular formula is C30H25N3O3. The Morgan fingerprint density at radius 1 is 0.806 bits per heavy atom. The number of fused-ring (bicyclic) bond motifs is 6. The van der Waals surface area contributed by atoms with Crippen LogP contribution < -0.4 is 10.4 Å². The van der Waals surface area contributed by atoms with Crippen LogP contribution >= 0.6 is 0 Å². The first-order valence-electron chi connectivity index (χ1n) is 12.3. The Labute approximate surface area is 208 Å². The van der Waals surface area contributed by atoms with Crippen LogP contribution in [0.25, 0.3) is 0 Å². The number of hydrogen-bond donors (Lipinski definition) is 1. The minimum atomic E-state index is -0.552. The molecule has 2 heterocycles. The van der Waals surface area contributed by atoms with Gasteiger partial charge in [-0.25, -0.2) is 0 Å². The van der Waals surface area contributed by atoms with Crippen LogP contribution in [-0.4, -0.2) is 27.3 Å². The summed E-state index contributed by atoms with van der Waals surface area (Å²) in [5, 5.41) is 13.1. The standard InChI is InChI=1S/C30H25N3O3/c34-26-14-15-32-27(28(26)35)29(36)31(18-20-8-2-1-3-9-20)19-33(32)30-23(16-21-10-4-6-12-24(21)30)17-22-11-5-7-13-25(22)30/h1-15,23,35H,16-19H2. The van der Waals surface area contributed by atoms with Gasteiger partial charge in [0.2, 0.25) is 5.43 Å². The zero-order valence-electron chi connectivity index (χ0n) is 19.7. The highest BCUT2D eigenvalue weighted by atomic mass is 16.3. The second-order valence-corrected chi connectivity index (χ2v) is 9.94. The Hall–Kier alpha value is -4.32. The van der Waals surface area contributed by atoms with Crippen LogP contribution in [0.5, 0.6) is 5.75 Å². The number of carbonyl (C=O) groups excluding carboxylic acids is 1. The van der Waals surface area contributed by atoms with Crippen LogP contribution in [0.4, 0.5) is 0 Å². The summed E-state index contributed by atoms with van der Waals surface area (Å²) < 4.78 is 1.73. The molecule has 0 saturated carbocycles. The molecule has 0 spiro atoms. The van der Waals surface area contributed by atoms with Gasteiger partial charge in [-0.3, -0.25) is 19.3 Å². The normalized spacial score (nSPS) is 21.7. The SMILES string of the molecule is O=C1c2c(O)c(=O)ccn2N(C23c4ccccc4CC2Cc2ccccc23)CN1Cc1ccccc1. The number of carbonyl (C=O) groups is 1. The van der Waals surface area contributed by atoms with Crippen molar-refractivity contribution in [3.63, 3.8) is 0 Å². The van der Waals surface area contributed by atoms with Crippen LogP contribution in [0.2, 0.25) is 0 Å². The lowest BCUT2D eigenvalue weighted by Gasteiger charge is -2.50. The van der Waals surface area contributed by atoms with Crippen molar-refractivity contribution in [2.45, 2.75) is 24.9 Å². The maximum Gasteiger partial charge on any atom is 0.278 e. The molecule has 0 atom stereocenters. The minimum Gasteiger partial charge on any atom is -0.502 e. The van der Waals surface area contributed by atoms with Gasteiger partial charge in [0.15, 0.2) is 11.4 Å². The lowest BCUT2D eigenvalue weighted by atomic mass is 9.81. The van der Waals surface area contributed by atoms with Crippen molar-refractivity contribution in [1.82, 2.24) is 9.58 Å². The molecule has 1 aromatic heterocycles. The van der Waals surface area contributed by atoms with Crippen LogP contribution in [0.1, 0.15) is 38.3 Å². The van der Waals surface area contributed by atoms with Crippen molar-refractivity contribution >= 4 is 5.91 Å². The van der Waals surface area contributed by atoms with E-state index >= 15 is 0 Å². The molecule has 6 heteroatoms. The second-order valence-electron chi connectivity index (χ2n) is 9.94. The fourth-order valence-electron chi connectivity index (χ4n) is 6.68. The average Bonchev–Trinajstić information content (AvgIpc) is 3.39. The van der Waals surface area contributed by atoms with Gasteiger partial charge in [0.25, 0.3) is 5.91 Å². The summed E-state index contributed by atoms with van der Waals surface area (Å²) in [5.41, 5.74) is 4.97. The van der Waals surface area contributed by atoms with Crippen molar-refractivity contribution in [3.8, 4) is 5.75 Å². The van der Waals surface area contributed by atoms with E-state index in [0.29, 0.717) is 13.2 Å². The summed E-state index contributed by atoms with van der Waals surface area (Å²) in [7, 11) is 0. The molecule has 0 fully saturated rings. The van der Waals surface area contributed by atoms with Gasteiger partial charge in [0, 0.05) is 24.7 Å². The third-order valence-electron chi connectivity index (χ3n) is 8.11. The highest BCUT2D eigenvalue weighted by Gasteiger charge is 2.58. The maximum absolute atomic E-state index is 13.7. The number of rotatable bonds is 3. The van der Waals surface area contributed by atoms with E-state index in [2.05, 4.69) is 53.5 Å². The highest BCUT2D eigenvalue weighted by molar-refractivity contribution is 5.96. The molecular weight excluding hydrogens is 450 g/mol. The van der Waals surface area contributed by atoms with Crippen molar-refractivity contribution in [2.75, 3.05) is 11.7 Å². The van der Waals surface area contributed by atoms with Crippen molar-refractivity contribution < 1.29 is 9.90 Å². The van der Waals surface area contributed by atoms with Crippen molar-refractivity contribution in [1.29, 1.82) is 0 Å². The summed E-state index contributed by atoms with van der Waals surface area (Å²) in [6.07, 6.45) is 3.49. The first-order valence-corrected chi connectivity index (χ1v) is 12.3. The summed E-state index contributed by atoms with van der Waals surface area (Å²) in [5.74, 6) is -0.597. The molecule has 0 saturated heterocycles. The predicted octanol–water partition coefficient (Wildman–Crippen LogP) is 3.78. The first-order chi connectivity index (χ1) is 17.6. The second kappa shape index (κ2) is 7.59. The third-order valence-corrected chi connectivity index (χ3v) is 8.11. The molecule has 1 N–H and O–H groups in total. The molecule has 1 aliphatic heterocycles. The molecule has 178 valence electrons. The van der Waals surface area contributed by atoms with Gasteiger partial charge in [-0.1, -0.05) is 78.9 Å². The third kappa shape index (κ3) is 2.72. The van der Waals surface area contributed by atoms with Gasteiger partial charge in [-0.05, 0) is 40.7 Å². The lowest BCUT2D eigenvalue weighted by molar-refractivity contribution is 0.0631. The maximum atomic E-state index is 13.7. The number of aromatic nitrogens is 1. The summed E-state index contributed by atoms with van der Waals surface area (Å²) in [6, 6.07) is 28.2. The van der Waals surface area contributed by atoms with E-state index < -0.39 is 16.7 Å². The minimum absolute atomic E-state index is 0.0200. The smallest absolute Gasteiger partial charge is 0.278 e. The average molecular weight is 476 g/mol. The van der Waals surface area contributed by atoms with Gasteiger partial charge in [-0.2, -0.15) is 0 Å². The van der Waals surface area contributed by atoms with Crippen LogP contribution in [0, 0.1) is 5.92 Å². The van der Waals surface area contributed by atoms with E-state index in [9.17, 15) is 14.7 Å². The van der Waals surface area contributed by atoms with Crippen LogP contribution in [0.3, 0.4) is 0 Å². The lowest BCUT2D eigenvalue weighted by Crippen LogP contribution is -2.63. The van der Waals surface area contributed by atoms with Crippen molar-refractivity contribution in [2.24, 2.45) is 5.92 Å². The Bertz CT molecular complexity index is 1530. The quantitative estimate of drug-likeness (QED) is 0.490. The van der Waals surface area contributed by atoms with Gasteiger partial charge in [0.05, 0.1) is 0 Å².